The fraction of sp³-hybridized carbons (Fsp3) is 0.333. The second kappa shape index (κ2) is 12.7. The largest absolute Gasteiger partial charge is 0.497 e. The van der Waals surface area contributed by atoms with Crippen molar-refractivity contribution in [3.63, 3.8) is 0 Å². The van der Waals surface area contributed by atoms with Gasteiger partial charge in [-0.2, -0.15) is 4.58 Å². The number of ether oxygens (including phenoxy) is 1. The number of carbonyl (C=O) groups excluding carboxylic acids is 1. The first kappa shape index (κ1) is 27.3. The number of benzene rings is 2. The van der Waals surface area contributed by atoms with Crippen LogP contribution in [0.5, 0.6) is 5.75 Å². The molecule has 2 aliphatic heterocycles. The molecule has 1 fully saturated rings. The van der Waals surface area contributed by atoms with Gasteiger partial charge in [0.05, 0.1) is 7.11 Å². The summed E-state index contributed by atoms with van der Waals surface area (Å²) in [7, 11) is 3.88. The number of likely N-dealkylation sites (tertiary alicyclic amines) is 1. The van der Waals surface area contributed by atoms with Gasteiger partial charge in [0.15, 0.2) is 12.8 Å². The number of allylic oxidation sites excluding steroid dienone is 2. The zero-order chi connectivity index (χ0) is 27.1. The Bertz CT molecular complexity index is 1310. The molecule has 5 heteroatoms. The Hall–Kier alpha value is -3.70. The van der Waals surface area contributed by atoms with E-state index < -0.39 is 0 Å². The van der Waals surface area contributed by atoms with Gasteiger partial charge in [-0.15, -0.1) is 0 Å². The van der Waals surface area contributed by atoms with Crippen molar-refractivity contribution in [2.45, 2.75) is 45.6 Å². The van der Waals surface area contributed by atoms with Crippen molar-refractivity contribution < 1.29 is 14.1 Å². The lowest BCUT2D eigenvalue weighted by Gasteiger charge is -2.20. The maximum atomic E-state index is 11.2. The minimum absolute atomic E-state index is 0.306. The number of nitrogens with zero attached hydrogens (tertiary/aromatic N) is 3. The highest BCUT2D eigenvalue weighted by Crippen LogP contribution is 2.32. The smallest absolute Gasteiger partial charge is 0.219 e. The number of rotatable bonds is 8. The molecule has 1 aromatic heterocycles. The molecule has 3 aromatic rings. The molecule has 38 heavy (non-hydrogen) atoms. The second-order valence-corrected chi connectivity index (χ2v) is 10.4. The Morgan fingerprint density at radius 2 is 1.82 bits per heavy atom. The van der Waals surface area contributed by atoms with Crippen LogP contribution in [0.4, 0.5) is 5.69 Å². The van der Waals surface area contributed by atoms with Crippen molar-refractivity contribution in [2.24, 2.45) is 0 Å². The minimum Gasteiger partial charge on any atom is -0.497 e. The van der Waals surface area contributed by atoms with Crippen LogP contribution in [0, 0.1) is 0 Å². The number of aldehydes is 1. The zero-order valence-electron chi connectivity index (χ0n) is 23.2. The molecule has 2 aromatic carbocycles. The molecule has 198 valence electrons. The number of fused-ring (bicyclic) bond motifs is 1. The Morgan fingerprint density at radius 3 is 2.37 bits per heavy atom. The van der Waals surface area contributed by atoms with Gasteiger partial charge in [-0.1, -0.05) is 32.9 Å². The summed E-state index contributed by atoms with van der Waals surface area (Å²) in [6.45, 7) is 11.5. The van der Waals surface area contributed by atoms with Crippen LogP contribution in [-0.2, 0) is 11.3 Å². The van der Waals surface area contributed by atoms with E-state index in [0.717, 1.165) is 29.8 Å². The number of hydrogen-bond donors (Lipinski definition) is 0. The summed E-state index contributed by atoms with van der Waals surface area (Å²) in [6.07, 6.45) is 12.9. The monoisotopic (exact) mass is 510 g/mol. The molecular weight excluding hydrogens is 470 g/mol. The summed E-state index contributed by atoms with van der Waals surface area (Å²) in [4.78, 5) is 13.6. The van der Waals surface area contributed by atoms with Crippen molar-refractivity contribution in [3.05, 3.63) is 95.3 Å². The Labute approximate surface area is 227 Å². The maximum Gasteiger partial charge on any atom is 0.219 e. The molecule has 0 bridgehead atoms. The van der Waals surface area contributed by atoms with Gasteiger partial charge < -0.3 is 14.2 Å². The summed E-state index contributed by atoms with van der Waals surface area (Å²) < 4.78 is 9.71. The molecule has 1 saturated heterocycles. The number of hydrogen-bond acceptors (Lipinski definition) is 3. The van der Waals surface area contributed by atoms with Crippen LogP contribution < -0.4 is 4.74 Å². The van der Waals surface area contributed by atoms with Crippen LogP contribution in [0.15, 0.2) is 73.0 Å². The van der Waals surface area contributed by atoms with Crippen LogP contribution in [0.3, 0.4) is 0 Å². The normalized spacial score (nSPS) is 15.1. The molecule has 3 heterocycles. The zero-order valence-corrected chi connectivity index (χ0v) is 23.2. The lowest BCUT2D eigenvalue weighted by atomic mass is 10.0. The van der Waals surface area contributed by atoms with E-state index in [0.29, 0.717) is 11.5 Å². The van der Waals surface area contributed by atoms with Gasteiger partial charge in [0.1, 0.15) is 17.6 Å². The lowest BCUT2D eigenvalue weighted by Crippen LogP contribution is -2.24. The van der Waals surface area contributed by atoms with Gasteiger partial charge in [-0.3, -0.25) is 4.79 Å². The van der Waals surface area contributed by atoms with Gasteiger partial charge in [-0.25, -0.2) is 0 Å². The SMILES string of the molecule is C=C/C(C=O)=C\c1ccn(-c2ccc3c(c2)C=[N+]3Cc2ccc(OC)cc2)c1C(C)C.CN1CCCCC1. The van der Waals surface area contributed by atoms with E-state index >= 15 is 0 Å². The van der Waals surface area contributed by atoms with Gasteiger partial charge >= 0.3 is 0 Å². The lowest BCUT2D eigenvalue weighted by molar-refractivity contribution is -0.464. The summed E-state index contributed by atoms with van der Waals surface area (Å²) in [5.41, 5.74) is 7.62. The van der Waals surface area contributed by atoms with E-state index in [-0.39, 0.29) is 0 Å². The molecule has 0 aliphatic carbocycles. The molecule has 2 aliphatic rings. The molecule has 0 atom stereocenters. The van der Waals surface area contributed by atoms with E-state index in [4.69, 9.17) is 4.74 Å². The van der Waals surface area contributed by atoms with Gasteiger partial charge in [0.25, 0.3) is 0 Å². The molecule has 0 amide bonds. The van der Waals surface area contributed by atoms with Crippen molar-refractivity contribution in [3.8, 4) is 11.4 Å². The first-order valence-corrected chi connectivity index (χ1v) is 13.5. The van der Waals surface area contributed by atoms with Crippen molar-refractivity contribution in [1.29, 1.82) is 0 Å². The van der Waals surface area contributed by atoms with Gasteiger partial charge in [0, 0.05) is 34.8 Å². The Morgan fingerprint density at radius 1 is 1.08 bits per heavy atom. The fourth-order valence-electron chi connectivity index (χ4n) is 5.08. The summed E-state index contributed by atoms with van der Waals surface area (Å²) in [6, 6.07) is 16.8. The van der Waals surface area contributed by atoms with Crippen LogP contribution in [0.2, 0.25) is 0 Å². The van der Waals surface area contributed by atoms with Crippen molar-refractivity contribution >= 4 is 24.3 Å². The highest BCUT2D eigenvalue weighted by molar-refractivity contribution is 5.90. The summed E-state index contributed by atoms with van der Waals surface area (Å²) in [5.74, 6) is 1.18. The van der Waals surface area contributed by atoms with Crippen molar-refractivity contribution in [1.82, 2.24) is 9.47 Å². The molecular formula is C33H40N3O2+. The molecule has 0 radical (unpaired) electrons. The molecule has 0 spiro atoms. The predicted molar refractivity (Wildman–Crippen MR) is 157 cm³/mol. The van der Waals surface area contributed by atoms with E-state index in [9.17, 15) is 4.79 Å². The number of piperidine rings is 1. The van der Waals surface area contributed by atoms with Crippen LogP contribution in [0.25, 0.3) is 11.8 Å². The predicted octanol–water partition coefficient (Wildman–Crippen LogP) is 6.76. The van der Waals surface area contributed by atoms with E-state index in [2.05, 4.69) is 90.3 Å². The Balaban J connectivity index is 0.000000417. The minimum atomic E-state index is 0.306. The van der Waals surface area contributed by atoms with Crippen LogP contribution in [-0.4, -0.2) is 53.8 Å². The Kier molecular flexibility index (Phi) is 9.14. The first-order chi connectivity index (χ1) is 18.4. The first-order valence-electron chi connectivity index (χ1n) is 13.5. The average molecular weight is 511 g/mol. The fourth-order valence-corrected chi connectivity index (χ4v) is 5.08. The van der Waals surface area contributed by atoms with Crippen molar-refractivity contribution in [2.75, 3.05) is 27.2 Å². The van der Waals surface area contributed by atoms with Crippen LogP contribution in [0.1, 0.15) is 61.4 Å². The molecule has 0 saturated carbocycles. The third-order valence-electron chi connectivity index (χ3n) is 7.18. The van der Waals surface area contributed by atoms with E-state index in [1.807, 2.05) is 18.2 Å². The number of carbonyl (C=O) groups is 1. The van der Waals surface area contributed by atoms with Gasteiger partial charge in [-0.05, 0) is 93.0 Å². The maximum absolute atomic E-state index is 11.2. The van der Waals surface area contributed by atoms with Gasteiger partial charge in [0.2, 0.25) is 5.69 Å². The highest BCUT2D eigenvalue weighted by atomic mass is 16.5. The van der Waals surface area contributed by atoms with E-state index in [1.165, 1.54) is 54.9 Å². The topological polar surface area (TPSA) is 37.5 Å². The molecule has 5 nitrogen and oxygen atoms in total. The number of aromatic nitrogens is 1. The third kappa shape index (κ3) is 6.40. The van der Waals surface area contributed by atoms with Crippen LogP contribution >= 0.6 is 0 Å². The summed E-state index contributed by atoms with van der Waals surface area (Å²) in [5, 5.41) is 0. The molecule has 0 unspecified atom stereocenters. The number of methoxy groups -OCH3 is 1. The standard InChI is InChI=1S/C27H27N2O2.C6H13N/c1-5-20(18-30)14-22-12-13-29(27(22)19(2)3)24-8-11-26-23(15-24)17-28(26)16-21-6-9-25(31-4)10-7-21;1-7-5-3-2-4-6-7/h5-15,17-19H,1,16H2,2-4H3;2-6H2,1H3/q+1;/b20-14+;. The third-order valence-corrected chi connectivity index (χ3v) is 7.18. The quantitative estimate of drug-likeness (QED) is 0.145. The van der Waals surface area contributed by atoms with E-state index in [1.54, 1.807) is 13.2 Å². The second-order valence-electron chi connectivity index (χ2n) is 10.4. The molecule has 0 N–H and O–H groups in total. The highest BCUT2D eigenvalue weighted by Gasteiger charge is 2.26. The average Bonchev–Trinajstić information content (AvgIpc) is 3.35. The molecule has 5 rings (SSSR count). The summed E-state index contributed by atoms with van der Waals surface area (Å²) >= 11 is 0.